The Kier molecular flexibility index (Phi) is 2.27. The summed E-state index contributed by atoms with van der Waals surface area (Å²) in [6, 6.07) is 0.0115. The fourth-order valence-electron chi connectivity index (χ4n) is 0.770. The molecule has 0 spiro atoms. The summed E-state index contributed by atoms with van der Waals surface area (Å²) in [5.74, 6) is 0.649. The van der Waals surface area contributed by atoms with E-state index in [1.165, 1.54) is 6.20 Å². The molecule has 13 heavy (non-hydrogen) atoms. The minimum Gasteiger partial charge on any atom is -0.465 e. The molecular formula is C8H12N2O3. The molecule has 5 heteroatoms. The van der Waals surface area contributed by atoms with Crippen LogP contribution in [0.1, 0.15) is 26.5 Å². The third-order valence-electron chi connectivity index (χ3n) is 1.46. The number of nitrogens with zero attached hydrogens (tertiary/aromatic N) is 1. The molecule has 0 aliphatic heterocycles. The van der Waals surface area contributed by atoms with Gasteiger partial charge in [0.15, 0.2) is 0 Å². The van der Waals surface area contributed by atoms with Gasteiger partial charge >= 0.3 is 12.1 Å². The second-order valence-electron chi connectivity index (χ2n) is 3.71. The van der Waals surface area contributed by atoms with Crippen molar-refractivity contribution in [2.24, 2.45) is 0 Å². The van der Waals surface area contributed by atoms with Crippen LogP contribution in [0.15, 0.2) is 10.6 Å². The van der Waals surface area contributed by atoms with Gasteiger partial charge in [-0.05, 0) is 0 Å². The molecule has 2 N–H and O–H groups in total. The van der Waals surface area contributed by atoms with Crippen molar-refractivity contribution in [2.75, 3.05) is 5.32 Å². The van der Waals surface area contributed by atoms with Crippen molar-refractivity contribution in [1.82, 2.24) is 4.98 Å². The van der Waals surface area contributed by atoms with Crippen LogP contribution in [0.25, 0.3) is 0 Å². The second-order valence-corrected chi connectivity index (χ2v) is 3.71. The van der Waals surface area contributed by atoms with Crippen molar-refractivity contribution in [3.63, 3.8) is 0 Å². The van der Waals surface area contributed by atoms with Crippen LogP contribution >= 0.6 is 0 Å². The predicted molar refractivity (Wildman–Crippen MR) is 46.9 cm³/mol. The molecule has 0 radical (unpaired) electrons. The van der Waals surface area contributed by atoms with E-state index in [1.807, 2.05) is 26.1 Å². The Morgan fingerprint density at radius 3 is 2.62 bits per heavy atom. The molecule has 0 fully saturated rings. The summed E-state index contributed by atoms with van der Waals surface area (Å²) in [7, 11) is 0. The van der Waals surface area contributed by atoms with E-state index >= 15 is 0 Å². The lowest BCUT2D eigenvalue weighted by Crippen LogP contribution is -2.10. The fraction of sp³-hybridized carbons (Fsp3) is 0.500. The topological polar surface area (TPSA) is 75.4 Å². The van der Waals surface area contributed by atoms with Crippen molar-refractivity contribution in [3.05, 3.63) is 12.0 Å². The summed E-state index contributed by atoms with van der Waals surface area (Å²) in [5.41, 5.74) is -0.161. The summed E-state index contributed by atoms with van der Waals surface area (Å²) in [6.07, 6.45) is 0.341. The van der Waals surface area contributed by atoms with Gasteiger partial charge in [-0.2, -0.15) is 0 Å². The highest BCUT2D eigenvalue weighted by atomic mass is 16.4. The first-order valence-electron chi connectivity index (χ1n) is 3.86. The summed E-state index contributed by atoms with van der Waals surface area (Å²) in [4.78, 5) is 14.0. The van der Waals surface area contributed by atoms with Crippen LogP contribution in [-0.2, 0) is 5.41 Å². The quantitative estimate of drug-likeness (QED) is 0.700. The zero-order valence-corrected chi connectivity index (χ0v) is 7.79. The van der Waals surface area contributed by atoms with E-state index in [0.29, 0.717) is 5.76 Å². The van der Waals surface area contributed by atoms with Crippen LogP contribution in [0.3, 0.4) is 0 Å². The molecule has 0 atom stereocenters. The molecule has 1 aromatic heterocycles. The number of hydrogen-bond donors (Lipinski definition) is 2. The summed E-state index contributed by atoms with van der Waals surface area (Å²) >= 11 is 0. The number of nitrogens with one attached hydrogen (secondary N) is 1. The van der Waals surface area contributed by atoms with Gasteiger partial charge in [0, 0.05) is 5.41 Å². The van der Waals surface area contributed by atoms with Gasteiger partial charge in [0.25, 0.3) is 0 Å². The summed E-state index contributed by atoms with van der Waals surface area (Å²) < 4.78 is 5.16. The van der Waals surface area contributed by atoms with E-state index < -0.39 is 6.09 Å². The molecule has 0 aliphatic rings. The molecule has 1 heterocycles. The first-order valence-corrected chi connectivity index (χ1v) is 3.86. The van der Waals surface area contributed by atoms with Crippen LogP contribution in [0.4, 0.5) is 10.8 Å². The van der Waals surface area contributed by atoms with Gasteiger partial charge in [0.2, 0.25) is 0 Å². The predicted octanol–water partition coefficient (Wildman–Crippen LogP) is 2.06. The Morgan fingerprint density at radius 1 is 1.62 bits per heavy atom. The molecule has 0 aliphatic carbocycles. The Bertz CT molecular complexity index is 311. The lowest BCUT2D eigenvalue weighted by molar-refractivity contribution is 0.208. The average molecular weight is 184 g/mol. The van der Waals surface area contributed by atoms with Crippen LogP contribution in [0.2, 0.25) is 0 Å². The van der Waals surface area contributed by atoms with Gasteiger partial charge in [-0.1, -0.05) is 20.8 Å². The van der Waals surface area contributed by atoms with Crippen LogP contribution < -0.4 is 5.32 Å². The summed E-state index contributed by atoms with van der Waals surface area (Å²) in [5, 5.41) is 10.4. The largest absolute Gasteiger partial charge is 0.465 e. The Labute approximate surface area is 75.8 Å². The molecule has 1 aromatic rings. The number of carbonyl (C=O) groups is 1. The first kappa shape index (κ1) is 9.57. The van der Waals surface area contributed by atoms with E-state index in [2.05, 4.69) is 4.98 Å². The normalized spacial score (nSPS) is 11.3. The number of carboxylic acid groups (broad SMARTS) is 1. The first-order chi connectivity index (χ1) is 5.89. The van der Waals surface area contributed by atoms with Crippen molar-refractivity contribution < 1.29 is 14.3 Å². The molecule has 1 rings (SSSR count). The molecule has 1 amide bonds. The maximum absolute atomic E-state index is 10.2. The van der Waals surface area contributed by atoms with E-state index in [4.69, 9.17) is 9.52 Å². The third kappa shape index (κ3) is 2.47. The van der Waals surface area contributed by atoms with Crippen LogP contribution in [0.5, 0.6) is 0 Å². The van der Waals surface area contributed by atoms with Gasteiger partial charge in [0.05, 0.1) is 6.20 Å². The third-order valence-corrected chi connectivity index (χ3v) is 1.46. The van der Waals surface area contributed by atoms with Crippen molar-refractivity contribution >= 4 is 12.1 Å². The van der Waals surface area contributed by atoms with E-state index in [0.717, 1.165) is 0 Å². The Morgan fingerprint density at radius 2 is 2.23 bits per heavy atom. The smallest absolute Gasteiger partial charge is 0.412 e. The lowest BCUT2D eigenvalue weighted by Gasteiger charge is -2.12. The molecular weight excluding hydrogens is 172 g/mol. The highest BCUT2D eigenvalue weighted by molar-refractivity contribution is 5.79. The minimum absolute atomic E-state index is 0.0115. The standard InChI is InChI=1S/C8H12N2O3/c1-8(2,3)5-4-9-6(13-5)10-7(11)12/h4H,1-3H3,(H,9,10)(H,11,12). The molecule has 0 saturated carbocycles. The average Bonchev–Trinajstić information content (AvgIpc) is 2.32. The van der Waals surface area contributed by atoms with Crippen molar-refractivity contribution in [2.45, 2.75) is 26.2 Å². The Balaban J connectivity index is 2.81. The lowest BCUT2D eigenvalue weighted by atomic mass is 9.94. The zero-order chi connectivity index (χ0) is 10.1. The summed E-state index contributed by atoms with van der Waals surface area (Å²) in [6.45, 7) is 5.87. The number of amides is 1. The number of hydrogen-bond acceptors (Lipinski definition) is 3. The van der Waals surface area contributed by atoms with E-state index in [-0.39, 0.29) is 11.4 Å². The Hall–Kier alpha value is -1.52. The van der Waals surface area contributed by atoms with Gasteiger partial charge in [-0.3, -0.25) is 0 Å². The molecule has 0 bridgehead atoms. The minimum atomic E-state index is -1.18. The van der Waals surface area contributed by atoms with E-state index in [9.17, 15) is 4.79 Å². The molecule has 5 nitrogen and oxygen atoms in total. The number of rotatable bonds is 1. The van der Waals surface area contributed by atoms with Gasteiger partial charge in [-0.25, -0.2) is 15.1 Å². The molecule has 72 valence electrons. The maximum Gasteiger partial charge on any atom is 0.412 e. The van der Waals surface area contributed by atoms with Gasteiger partial charge in [0.1, 0.15) is 5.76 Å². The fourth-order valence-corrected chi connectivity index (χ4v) is 0.770. The molecule has 0 saturated heterocycles. The number of anilines is 1. The second kappa shape index (κ2) is 3.08. The highest BCUT2D eigenvalue weighted by Gasteiger charge is 2.19. The van der Waals surface area contributed by atoms with Crippen molar-refractivity contribution in [1.29, 1.82) is 0 Å². The number of aromatic nitrogens is 1. The SMILES string of the molecule is CC(C)(C)c1cnc(NC(=O)O)o1. The monoisotopic (exact) mass is 184 g/mol. The van der Waals surface area contributed by atoms with Gasteiger partial charge in [-0.15, -0.1) is 0 Å². The van der Waals surface area contributed by atoms with Crippen LogP contribution in [0, 0.1) is 0 Å². The van der Waals surface area contributed by atoms with Crippen molar-refractivity contribution in [3.8, 4) is 0 Å². The molecule has 0 aromatic carbocycles. The maximum atomic E-state index is 10.2. The highest BCUT2D eigenvalue weighted by Crippen LogP contribution is 2.24. The zero-order valence-electron chi connectivity index (χ0n) is 7.79. The van der Waals surface area contributed by atoms with E-state index in [1.54, 1.807) is 0 Å². The van der Waals surface area contributed by atoms with Crippen LogP contribution in [-0.4, -0.2) is 16.2 Å². The van der Waals surface area contributed by atoms with Gasteiger partial charge < -0.3 is 9.52 Å². The molecule has 0 unspecified atom stereocenters. The number of oxazole rings is 1.